The third-order valence-electron chi connectivity index (χ3n) is 2.57. The first kappa shape index (κ1) is 12.7. The van der Waals surface area contributed by atoms with E-state index >= 15 is 0 Å². The monoisotopic (exact) mass is 233 g/mol. The first-order valence-electron chi connectivity index (χ1n) is 5.75. The Morgan fingerprint density at radius 3 is 2.93 bits per heavy atom. The Hall–Kier alpha value is 0.660. The quantitative estimate of drug-likeness (QED) is 0.757. The van der Waals surface area contributed by atoms with E-state index in [0.29, 0.717) is 6.04 Å². The first-order chi connectivity index (χ1) is 6.83. The predicted molar refractivity (Wildman–Crippen MR) is 70.6 cm³/mol. The van der Waals surface area contributed by atoms with Gasteiger partial charge < -0.3 is 5.32 Å². The van der Waals surface area contributed by atoms with Crippen LogP contribution in [-0.2, 0) is 0 Å². The molecule has 1 fully saturated rings. The van der Waals surface area contributed by atoms with Crippen molar-refractivity contribution in [2.75, 3.05) is 23.8 Å². The summed E-state index contributed by atoms with van der Waals surface area (Å²) in [5.74, 6) is 4.05. The van der Waals surface area contributed by atoms with Crippen molar-refractivity contribution in [3.63, 3.8) is 0 Å². The molecule has 2 atom stereocenters. The van der Waals surface area contributed by atoms with Gasteiger partial charge >= 0.3 is 0 Å². The van der Waals surface area contributed by atoms with Crippen LogP contribution >= 0.6 is 23.5 Å². The molecule has 0 radical (unpaired) electrons. The Morgan fingerprint density at radius 2 is 2.29 bits per heavy atom. The number of unbranched alkanes of at least 4 members (excludes halogenated alkanes) is 1. The lowest BCUT2D eigenvalue weighted by molar-refractivity contribution is 0.499. The average Bonchev–Trinajstić information content (AvgIpc) is 2.25. The van der Waals surface area contributed by atoms with Crippen LogP contribution in [0.2, 0.25) is 0 Å². The third kappa shape index (κ3) is 5.52. The molecule has 0 aromatic heterocycles. The molecular weight excluding hydrogens is 210 g/mol. The molecule has 0 aromatic rings. The minimum atomic E-state index is 0.711. The zero-order valence-electron chi connectivity index (χ0n) is 9.42. The van der Waals surface area contributed by atoms with Gasteiger partial charge in [-0.3, -0.25) is 0 Å². The van der Waals surface area contributed by atoms with Gasteiger partial charge in [0.05, 0.1) is 0 Å². The zero-order chi connectivity index (χ0) is 10.2. The maximum atomic E-state index is 3.65. The molecule has 1 nitrogen and oxygen atoms in total. The van der Waals surface area contributed by atoms with Gasteiger partial charge in [0.1, 0.15) is 0 Å². The summed E-state index contributed by atoms with van der Waals surface area (Å²) in [6.07, 6.45) is 4.02. The molecular formula is C11H23NS2. The Kier molecular flexibility index (Phi) is 7.17. The van der Waals surface area contributed by atoms with Gasteiger partial charge in [-0.1, -0.05) is 19.8 Å². The molecule has 1 heterocycles. The Balaban J connectivity index is 2.00. The standard InChI is InChI=1S/C11H23NS2/c1-3-4-5-10(2)12-8-11-9-13-6-7-14-11/h10-12H,3-9H2,1-2H3. The summed E-state index contributed by atoms with van der Waals surface area (Å²) in [5.41, 5.74) is 0. The fourth-order valence-electron chi connectivity index (χ4n) is 1.60. The summed E-state index contributed by atoms with van der Waals surface area (Å²) in [6.45, 7) is 5.79. The molecule has 1 saturated heterocycles. The largest absolute Gasteiger partial charge is 0.313 e. The molecule has 1 aliphatic rings. The van der Waals surface area contributed by atoms with Crippen LogP contribution in [-0.4, -0.2) is 35.1 Å². The van der Waals surface area contributed by atoms with Crippen LogP contribution in [0.15, 0.2) is 0 Å². The van der Waals surface area contributed by atoms with Crippen molar-refractivity contribution in [1.82, 2.24) is 5.32 Å². The summed E-state index contributed by atoms with van der Waals surface area (Å²) >= 11 is 4.26. The second-order valence-corrected chi connectivity index (χ2v) is 6.58. The van der Waals surface area contributed by atoms with E-state index in [4.69, 9.17) is 0 Å². The van der Waals surface area contributed by atoms with Gasteiger partial charge in [0.15, 0.2) is 0 Å². The molecule has 1 N–H and O–H groups in total. The molecule has 0 aliphatic carbocycles. The molecule has 1 rings (SSSR count). The van der Waals surface area contributed by atoms with Crippen LogP contribution in [0.3, 0.4) is 0 Å². The van der Waals surface area contributed by atoms with Crippen LogP contribution in [0, 0.1) is 0 Å². The van der Waals surface area contributed by atoms with Gasteiger partial charge in [-0.15, -0.1) is 0 Å². The first-order valence-corrected chi connectivity index (χ1v) is 7.96. The van der Waals surface area contributed by atoms with Gasteiger partial charge in [0.25, 0.3) is 0 Å². The van der Waals surface area contributed by atoms with Crippen LogP contribution in [0.5, 0.6) is 0 Å². The van der Waals surface area contributed by atoms with Gasteiger partial charge in [-0.2, -0.15) is 23.5 Å². The minimum absolute atomic E-state index is 0.711. The lowest BCUT2D eigenvalue weighted by Gasteiger charge is -2.23. The Morgan fingerprint density at radius 1 is 1.43 bits per heavy atom. The topological polar surface area (TPSA) is 12.0 Å². The second kappa shape index (κ2) is 7.89. The minimum Gasteiger partial charge on any atom is -0.313 e. The highest BCUT2D eigenvalue weighted by atomic mass is 32.2. The highest BCUT2D eigenvalue weighted by molar-refractivity contribution is 8.06. The number of hydrogen-bond acceptors (Lipinski definition) is 3. The molecule has 0 amide bonds. The van der Waals surface area contributed by atoms with Gasteiger partial charge in [0, 0.05) is 35.1 Å². The maximum Gasteiger partial charge on any atom is 0.0263 e. The SMILES string of the molecule is CCCCC(C)NCC1CSCCS1. The lowest BCUT2D eigenvalue weighted by atomic mass is 10.1. The summed E-state index contributed by atoms with van der Waals surface area (Å²) in [5, 5.41) is 4.51. The van der Waals surface area contributed by atoms with E-state index < -0.39 is 0 Å². The van der Waals surface area contributed by atoms with E-state index in [0.717, 1.165) is 5.25 Å². The Bertz CT molecular complexity index is 135. The number of rotatable bonds is 6. The summed E-state index contributed by atoms with van der Waals surface area (Å²) in [6, 6.07) is 0.711. The van der Waals surface area contributed by atoms with Crippen molar-refractivity contribution >= 4 is 23.5 Å². The Labute approximate surface area is 97.2 Å². The van der Waals surface area contributed by atoms with E-state index in [-0.39, 0.29) is 0 Å². The molecule has 0 saturated carbocycles. The number of hydrogen-bond donors (Lipinski definition) is 1. The van der Waals surface area contributed by atoms with Gasteiger partial charge in [-0.25, -0.2) is 0 Å². The lowest BCUT2D eigenvalue weighted by Crippen LogP contribution is -2.34. The molecule has 2 unspecified atom stereocenters. The average molecular weight is 233 g/mol. The van der Waals surface area contributed by atoms with Crippen molar-refractivity contribution in [2.24, 2.45) is 0 Å². The van der Waals surface area contributed by atoms with Crippen LogP contribution in [0.25, 0.3) is 0 Å². The van der Waals surface area contributed by atoms with Crippen molar-refractivity contribution in [3.05, 3.63) is 0 Å². The summed E-state index contributed by atoms with van der Waals surface area (Å²) in [7, 11) is 0. The molecule has 3 heteroatoms. The molecule has 14 heavy (non-hydrogen) atoms. The maximum absolute atomic E-state index is 3.65. The van der Waals surface area contributed by atoms with Crippen molar-refractivity contribution in [2.45, 2.75) is 44.4 Å². The zero-order valence-corrected chi connectivity index (χ0v) is 11.1. The molecule has 1 aliphatic heterocycles. The molecule has 0 aromatic carbocycles. The summed E-state index contributed by atoms with van der Waals surface area (Å²) < 4.78 is 0. The summed E-state index contributed by atoms with van der Waals surface area (Å²) in [4.78, 5) is 0. The number of nitrogens with one attached hydrogen (secondary N) is 1. The van der Waals surface area contributed by atoms with Crippen molar-refractivity contribution in [1.29, 1.82) is 0 Å². The van der Waals surface area contributed by atoms with Crippen molar-refractivity contribution in [3.8, 4) is 0 Å². The fourth-order valence-corrected chi connectivity index (χ4v) is 4.22. The van der Waals surface area contributed by atoms with E-state index in [1.807, 2.05) is 0 Å². The van der Waals surface area contributed by atoms with E-state index in [1.54, 1.807) is 0 Å². The van der Waals surface area contributed by atoms with Crippen molar-refractivity contribution < 1.29 is 0 Å². The van der Waals surface area contributed by atoms with E-state index in [2.05, 4.69) is 42.7 Å². The van der Waals surface area contributed by atoms with E-state index in [1.165, 1.54) is 43.1 Å². The van der Waals surface area contributed by atoms with Crippen LogP contribution in [0.1, 0.15) is 33.1 Å². The third-order valence-corrected chi connectivity index (χ3v) is 5.41. The molecule has 0 spiro atoms. The fraction of sp³-hybridized carbons (Fsp3) is 1.00. The normalized spacial score (nSPS) is 24.9. The van der Waals surface area contributed by atoms with Crippen LogP contribution in [0.4, 0.5) is 0 Å². The number of thioether (sulfide) groups is 2. The smallest absolute Gasteiger partial charge is 0.0263 e. The highest BCUT2D eigenvalue weighted by Gasteiger charge is 2.14. The molecule has 0 bridgehead atoms. The van der Waals surface area contributed by atoms with Crippen LogP contribution < -0.4 is 5.32 Å². The second-order valence-electron chi connectivity index (χ2n) is 4.02. The predicted octanol–water partition coefficient (Wildman–Crippen LogP) is 3.00. The van der Waals surface area contributed by atoms with E-state index in [9.17, 15) is 0 Å². The molecule has 84 valence electrons. The van der Waals surface area contributed by atoms with Gasteiger partial charge in [0.2, 0.25) is 0 Å². The highest BCUT2D eigenvalue weighted by Crippen LogP contribution is 2.23. The van der Waals surface area contributed by atoms with Gasteiger partial charge in [-0.05, 0) is 13.3 Å².